The molecule has 0 amide bonds. The predicted octanol–water partition coefficient (Wildman–Crippen LogP) is 4.80. The SMILES string of the molecule is CC(C)(C)[S+]([O-])NC(Cc1cccc(N2CC[C@H](O)C2)n1)c1ccccc1-c1noc2ccccc12. The number of benzene rings is 2. The maximum atomic E-state index is 13.3. The Bertz CT molecular complexity index is 1340. The van der Waals surface area contributed by atoms with E-state index in [1.165, 1.54) is 0 Å². The van der Waals surface area contributed by atoms with Gasteiger partial charge in [-0.25, -0.2) is 4.98 Å². The second-order valence-corrected chi connectivity index (χ2v) is 12.2. The van der Waals surface area contributed by atoms with Gasteiger partial charge in [-0.15, -0.1) is 4.72 Å². The van der Waals surface area contributed by atoms with Gasteiger partial charge >= 0.3 is 0 Å². The monoisotopic (exact) mass is 504 g/mol. The average molecular weight is 505 g/mol. The van der Waals surface area contributed by atoms with Gasteiger partial charge in [-0.3, -0.25) is 0 Å². The Morgan fingerprint density at radius 1 is 1.11 bits per heavy atom. The van der Waals surface area contributed by atoms with Gasteiger partial charge in [0.25, 0.3) is 0 Å². The minimum Gasteiger partial charge on any atom is -0.598 e. The number of para-hydroxylation sites is 1. The van der Waals surface area contributed by atoms with Crippen LogP contribution < -0.4 is 9.62 Å². The van der Waals surface area contributed by atoms with Crippen molar-refractivity contribution in [2.75, 3.05) is 18.0 Å². The van der Waals surface area contributed by atoms with E-state index in [1.807, 2.05) is 81.4 Å². The van der Waals surface area contributed by atoms with Crippen LogP contribution in [0.3, 0.4) is 0 Å². The number of hydrogen-bond donors (Lipinski definition) is 2. The highest BCUT2D eigenvalue weighted by atomic mass is 32.2. The highest BCUT2D eigenvalue weighted by Crippen LogP contribution is 2.35. The summed E-state index contributed by atoms with van der Waals surface area (Å²) < 4.78 is 21.8. The van der Waals surface area contributed by atoms with E-state index < -0.39 is 16.1 Å². The average Bonchev–Trinajstić information content (AvgIpc) is 3.49. The highest BCUT2D eigenvalue weighted by molar-refractivity contribution is 7.90. The molecule has 3 heterocycles. The molecule has 1 fully saturated rings. The van der Waals surface area contributed by atoms with E-state index in [2.05, 4.69) is 20.8 Å². The van der Waals surface area contributed by atoms with E-state index in [-0.39, 0.29) is 12.1 Å². The van der Waals surface area contributed by atoms with Crippen molar-refractivity contribution < 1.29 is 14.2 Å². The van der Waals surface area contributed by atoms with Gasteiger partial charge in [0.1, 0.15) is 16.3 Å². The van der Waals surface area contributed by atoms with E-state index >= 15 is 0 Å². The molecule has 0 spiro atoms. The quantitative estimate of drug-likeness (QED) is 0.349. The van der Waals surface area contributed by atoms with Crippen LogP contribution >= 0.6 is 0 Å². The molecule has 1 saturated heterocycles. The standard InChI is InChI=1S/C28H32N4O3S/c1-28(2,3)36(34)31-24(17-19-9-8-14-26(29-19)32-16-15-20(33)18-32)21-10-4-5-11-22(21)27-23-12-6-7-13-25(23)35-30-27/h4-14,20,24,31,33H,15-18H2,1-3H3/t20-,24?,36?/m0/s1. The molecule has 36 heavy (non-hydrogen) atoms. The maximum absolute atomic E-state index is 13.3. The third-order valence-corrected chi connectivity index (χ3v) is 8.08. The molecule has 0 aliphatic carbocycles. The minimum absolute atomic E-state index is 0.274. The number of rotatable bonds is 7. The molecule has 2 unspecified atom stereocenters. The van der Waals surface area contributed by atoms with Gasteiger partial charge in [0.05, 0.1) is 12.1 Å². The van der Waals surface area contributed by atoms with Gasteiger partial charge in [-0.05, 0) is 57.0 Å². The first-order valence-corrected chi connectivity index (χ1v) is 13.5. The van der Waals surface area contributed by atoms with Gasteiger partial charge in [0.15, 0.2) is 5.58 Å². The topological polar surface area (TPSA) is 97.5 Å². The number of nitrogens with one attached hydrogen (secondary N) is 1. The van der Waals surface area contributed by atoms with Gasteiger partial charge in [-0.1, -0.05) is 47.6 Å². The van der Waals surface area contributed by atoms with Gasteiger partial charge < -0.3 is 19.1 Å². The number of pyridine rings is 1. The fraction of sp³-hybridized carbons (Fsp3) is 0.357. The Balaban J connectivity index is 1.53. The molecule has 2 N–H and O–H groups in total. The summed E-state index contributed by atoms with van der Waals surface area (Å²) in [7, 11) is 0. The second kappa shape index (κ2) is 10.2. The van der Waals surface area contributed by atoms with E-state index in [0.717, 1.165) is 52.3 Å². The number of fused-ring (bicyclic) bond motifs is 1. The van der Waals surface area contributed by atoms with Crippen molar-refractivity contribution in [1.82, 2.24) is 14.9 Å². The molecule has 1 aliphatic heterocycles. The van der Waals surface area contributed by atoms with Crippen LogP contribution in [0.2, 0.25) is 0 Å². The first-order valence-electron chi connectivity index (χ1n) is 12.3. The number of nitrogens with zero attached hydrogens (tertiary/aromatic N) is 3. The lowest BCUT2D eigenvalue weighted by molar-refractivity contribution is 0.198. The number of β-amino-alcohol motifs (C(OH)–C–C–N with tert-alkyl or cyclic N) is 1. The number of hydrogen-bond acceptors (Lipinski definition) is 7. The molecule has 4 aromatic rings. The summed E-state index contributed by atoms with van der Waals surface area (Å²) in [5.74, 6) is 0.857. The molecule has 7 nitrogen and oxygen atoms in total. The van der Waals surface area contributed by atoms with E-state index in [4.69, 9.17) is 9.51 Å². The Labute approximate surface area is 214 Å². The smallest absolute Gasteiger partial charge is 0.167 e. The minimum atomic E-state index is -1.30. The van der Waals surface area contributed by atoms with E-state index in [9.17, 15) is 9.66 Å². The zero-order valence-corrected chi connectivity index (χ0v) is 21.7. The summed E-state index contributed by atoms with van der Waals surface area (Å²) in [6, 6.07) is 21.6. The fourth-order valence-electron chi connectivity index (χ4n) is 4.53. The zero-order valence-electron chi connectivity index (χ0n) is 20.8. The van der Waals surface area contributed by atoms with Crippen molar-refractivity contribution in [3.8, 4) is 11.3 Å². The first kappa shape index (κ1) is 24.8. The predicted molar refractivity (Wildman–Crippen MR) is 144 cm³/mol. The van der Waals surface area contributed by atoms with E-state index in [0.29, 0.717) is 13.0 Å². The summed E-state index contributed by atoms with van der Waals surface area (Å²) in [6.45, 7) is 7.26. The lowest BCUT2D eigenvalue weighted by Crippen LogP contribution is -2.42. The van der Waals surface area contributed by atoms with Crippen LogP contribution in [-0.4, -0.2) is 43.7 Å². The third-order valence-electron chi connectivity index (χ3n) is 6.47. The number of anilines is 1. The van der Waals surface area contributed by atoms with Gasteiger partial charge in [0.2, 0.25) is 0 Å². The third kappa shape index (κ3) is 5.27. The molecule has 2 aromatic heterocycles. The van der Waals surface area contributed by atoms with Crippen molar-refractivity contribution in [2.24, 2.45) is 0 Å². The van der Waals surface area contributed by atoms with Gasteiger partial charge in [0, 0.05) is 47.5 Å². The summed E-state index contributed by atoms with van der Waals surface area (Å²) in [4.78, 5) is 7.02. The number of aliphatic hydroxyl groups is 1. The normalized spacial score (nSPS) is 18.0. The molecule has 8 heteroatoms. The molecule has 1 aliphatic rings. The van der Waals surface area contributed by atoms with Crippen LogP contribution in [0.15, 0.2) is 71.3 Å². The van der Waals surface area contributed by atoms with Crippen molar-refractivity contribution in [1.29, 1.82) is 0 Å². The van der Waals surface area contributed by atoms with E-state index in [1.54, 1.807) is 0 Å². The van der Waals surface area contributed by atoms with Crippen molar-refractivity contribution in [3.05, 3.63) is 78.0 Å². The Kier molecular flexibility index (Phi) is 7.03. The van der Waals surface area contributed by atoms with Crippen LogP contribution in [0.4, 0.5) is 5.82 Å². The summed E-state index contributed by atoms with van der Waals surface area (Å²) >= 11 is -1.30. The summed E-state index contributed by atoms with van der Waals surface area (Å²) in [6.07, 6.45) is 0.974. The molecular weight excluding hydrogens is 472 g/mol. The Hall–Kier alpha value is -2.91. The van der Waals surface area contributed by atoms with Gasteiger partial charge in [-0.2, -0.15) is 0 Å². The number of aliphatic hydroxyl groups excluding tert-OH is 1. The second-order valence-electron chi connectivity index (χ2n) is 10.2. The Morgan fingerprint density at radius 3 is 2.67 bits per heavy atom. The molecule has 188 valence electrons. The largest absolute Gasteiger partial charge is 0.598 e. The maximum Gasteiger partial charge on any atom is 0.167 e. The fourth-order valence-corrected chi connectivity index (χ4v) is 5.36. The lowest BCUT2D eigenvalue weighted by Gasteiger charge is -2.29. The molecule has 0 saturated carbocycles. The van der Waals surface area contributed by atoms with Crippen LogP contribution in [0, 0.1) is 0 Å². The van der Waals surface area contributed by atoms with Crippen LogP contribution in [-0.2, 0) is 17.8 Å². The molecular formula is C28H32N4O3S. The van der Waals surface area contributed by atoms with Crippen LogP contribution in [0.25, 0.3) is 22.2 Å². The summed E-state index contributed by atoms with van der Waals surface area (Å²) in [5, 5.41) is 15.3. The lowest BCUT2D eigenvalue weighted by atomic mass is 9.94. The molecule has 0 bridgehead atoms. The van der Waals surface area contributed by atoms with Crippen molar-refractivity contribution in [3.63, 3.8) is 0 Å². The molecule has 5 rings (SSSR count). The van der Waals surface area contributed by atoms with Crippen molar-refractivity contribution >= 4 is 28.1 Å². The first-order chi connectivity index (χ1) is 17.3. The Morgan fingerprint density at radius 2 is 1.89 bits per heavy atom. The van der Waals surface area contributed by atoms with Crippen molar-refractivity contribution in [2.45, 2.75) is 50.5 Å². The number of aromatic nitrogens is 2. The highest BCUT2D eigenvalue weighted by Gasteiger charge is 2.32. The molecule has 0 radical (unpaired) electrons. The van der Waals surface area contributed by atoms with Crippen LogP contribution in [0.5, 0.6) is 0 Å². The molecule has 2 aromatic carbocycles. The summed E-state index contributed by atoms with van der Waals surface area (Å²) in [5.41, 5.74) is 4.30. The zero-order chi connectivity index (χ0) is 25.3. The molecule has 3 atom stereocenters. The van der Waals surface area contributed by atoms with Crippen LogP contribution in [0.1, 0.15) is 44.5 Å².